The Labute approximate surface area is 141 Å². The number of benzene rings is 1. The summed E-state index contributed by atoms with van der Waals surface area (Å²) in [6.45, 7) is 1.61. The highest BCUT2D eigenvalue weighted by Gasteiger charge is 2.42. The molecule has 6 unspecified atom stereocenters. The van der Waals surface area contributed by atoms with Gasteiger partial charge in [-0.3, -0.25) is 0 Å². The normalized spacial score (nSPS) is 31.7. The monoisotopic (exact) mass is 342 g/mol. The molecule has 7 heteroatoms. The van der Waals surface area contributed by atoms with Crippen molar-refractivity contribution in [2.24, 2.45) is 0 Å². The second-order valence-corrected chi connectivity index (χ2v) is 6.29. The van der Waals surface area contributed by atoms with Crippen LogP contribution in [0.3, 0.4) is 0 Å². The van der Waals surface area contributed by atoms with Gasteiger partial charge in [0.15, 0.2) is 11.5 Å². The number of aliphatic hydroxyl groups is 4. The third-order valence-electron chi connectivity index (χ3n) is 4.47. The molecule has 0 aliphatic carbocycles. The highest BCUT2D eigenvalue weighted by Crippen LogP contribution is 2.28. The Morgan fingerprint density at radius 1 is 1.17 bits per heavy atom. The minimum absolute atomic E-state index is 0.0575. The van der Waals surface area contributed by atoms with Crippen LogP contribution in [0.5, 0.6) is 11.5 Å². The van der Waals surface area contributed by atoms with Crippen molar-refractivity contribution in [3.63, 3.8) is 0 Å². The van der Waals surface area contributed by atoms with E-state index in [1.165, 1.54) is 13.2 Å². The van der Waals surface area contributed by atoms with E-state index in [0.717, 1.165) is 5.56 Å². The Bertz CT molecular complexity index is 536. The molecule has 1 aliphatic heterocycles. The number of phenolic OH excluding ortho intramolecular Hbond substituents is 1. The number of rotatable bonds is 6. The van der Waals surface area contributed by atoms with Gasteiger partial charge in [0.1, 0.15) is 18.3 Å². The van der Waals surface area contributed by atoms with Gasteiger partial charge in [-0.2, -0.15) is 0 Å². The summed E-state index contributed by atoms with van der Waals surface area (Å²) in [5.74, 6) is 0.431. The van der Waals surface area contributed by atoms with Crippen LogP contribution in [0.4, 0.5) is 0 Å². The van der Waals surface area contributed by atoms with Crippen molar-refractivity contribution in [2.45, 2.75) is 62.8 Å². The average Bonchev–Trinajstić information content (AvgIpc) is 2.57. The molecule has 0 radical (unpaired) electrons. The average molecular weight is 342 g/mol. The summed E-state index contributed by atoms with van der Waals surface area (Å²) >= 11 is 0. The van der Waals surface area contributed by atoms with E-state index in [-0.39, 0.29) is 12.2 Å². The fraction of sp³-hybridized carbons (Fsp3) is 0.647. The maximum atomic E-state index is 10.2. The van der Waals surface area contributed by atoms with Crippen LogP contribution >= 0.6 is 0 Å². The van der Waals surface area contributed by atoms with Crippen LogP contribution in [0.15, 0.2) is 18.2 Å². The van der Waals surface area contributed by atoms with Crippen molar-refractivity contribution in [3.8, 4) is 11.5 Å². The van der Waals surface area contributed by atoms with Gasteiger partial charge >= 0.3 is 0 Å². The van der Waals surface area contributed by atoms with Crippen molar-refractivity contribution in [1.82, 2.24) is 0 Å². The van der Waals surface area contributed by atoms with E-state index in [4.69, 9.17) is 9.47 Å². The lowest BCUT2D eigenvalue weighted by Gasteiger charge is -2.40. The van der Waals surface area contributed by atoms with Crippen LogP contribution in [0, 0.1) is 0 Å². The Hall–Kier alpha value is -1.38. The molecule has 0 saturated carbocycles. The molecule has 1 heterocycles. The third-order valence-corrected chi connectivity index (χ3v) is 4.47. The predicted molar refractivity (Wildman–Crippen MR) is 86.0 cm³/mol. The Morgan fingerprint density at radius 2 is 1.88 bits per heavy atom. The van der Waals surface area contributed by atoms with Gasteiger partial charge in [0.2, 0.25) is 0 Å². The van der Waals surface area contributed by atoms with Gasteiger partial charge < -0.3 is 35.0 Å². The Balaban J connectivity index is 1.88. The molecule has 5 N–H and O–H groups in total. The molecule has 0 spiro atoms. The van der Waals surface area contributed by atoms with E-state index in [0.29, 0.717) is 18.6 Å². The van der Waals surface area contributed by atoms with E-state index < -0.39 is 36.6 Å². The molecular formula is C17H26O7. The number of hydrogen-bond donors (Lipinski definition) is 5. The SMILES string of the molecule is COc1cc(CCC(O)CC2OC(C)C(O)C(O)C2O)ccc1O. The van der Waals surface area contributed by atoms with Crippen LogP contribution in [0.25, 0.3) is 0 Å². The number of ether oxygens (including phenoxy) is 2. The molecule has 0 amide bonds. The molecule has 1 aromatic carbocycles. The van der Waals surface area contributed by atoms with E-state index >= 15 is 0 Å². The van der Waals surface area contributed by atoms with Crippen LogP contribution < -0.4 is 4.74 Å². The van der Waals surface area contributed by atoms with Crippen LogP contribution in [0.1, 0.15) is 25.3 Å². The molecule has 2 rings (SSSR count). The molecular weight excluding hydrogens is 316 g/mol. The van der Waals surface area contributed by atoms with Gasteiger partial charge in [0.05, 0.1) is 25.4 Å². The predicted octanol–water partition coefficient (Wildman–Crippen LogP) is -0.0456. The van der Waals surface area contributed by atoms with Gasteiger partial charge in [-0.05, 0) is 37.5 Å². The zero-order valence-electron chi connectivity index (χ0n) is 13.9. The van der Waals surface area contributed by atoms with Gasteiger partial charge in [0.25, 0.3) is 0 Å². The molecule has 1 saturated heterocycles. The largest absolute Gasteiger partial charge is 0.504 e. The van der Waals surface area contributed by atoms with Gasteiger partial charge in [-0.1, -0.05) is 6.07 Å². The molecule has 1 aliphatic rings. The van der Waals surface area contributed by atoms with E-state index in [1.54, 1.807) is 19.1 Å². The first-order valence-corrected chi connectivity index (χ1v) is 8.07. The zero-order chi connectivity index (χ0) is 17.9. The molecule has 1 fully saturated rings. The summed E-state index contributed by atoms with van der Waals surface area (Å²) in [7, 11) is 1.47. The highest BCUT2D eigenvalue weighted by molar-refractivity contribution is 5.41. The number of aromatic hydroxyl groups is 1. The van der Waals surface area contributed by atoms with Gasteiger partial charge in [0, 0.05) is 6.42 Å². The van der Waals surface area contributed by atoms with E-state index in [2.05, 4.69) is 0 Å². The first kappa shape index (κ1) is 19.0. The summed E-state index contributed by atoms with van der Waals surface area (Å²) in [4.78, 5) is 0. The first-order valence-electron chi connectivity index (χ1n) is 8.07. The summed E-state index contributed by atoms with van der Waals surface area (Å²) in [6, 6.07) is 4.99. The molecule has 6 atom stereocenters. The zero-order valence-corrected chi connectivity index (χ0v) is 13.9. The number of phenols is 1. The third kappa shape index (κ3) is 4.37. The summed E-state index contributed by atoms with van der Waals surface area (Å²) in [6.07, 6.45) is -4.60. The topological polar surface area (TPSA) is 120 Å². The number of hydrogen-bond acceptors (Lipinski definition) is 7. The van der Waals surface area contributed by atoms with Crippen LogP contribution in [0.2, 0.25) is 0 Å². The minimum atomic E-state index is -1.28. The maximum Gasteiger partial charge on any atom is 0.160 e. The number of aryl methyl sites for hydroxylation is 1. The fourth-order valence-corrected chi connectivity index (χ4v) is 2.93. The maximum absolute atomic E-state index is 10.2. The van der Waals surface area contributed by atoms with Crippen molar-refractivity contribution in [3.05, 3.63) is 23.8 Å². The second kappa shape index (κ2) is 8.13. The molecule has 24 heavy (non-hydrogen) atoms. The van der Waals surface area contributed by atoms with E-state index in [1.807, 2.05) is 0 Å². The van der Waals surface area contributed by atoms with Crippen molar-refractivity contribution >= 4 is 0 Å². The van der Waals surface area contributed by atoms with Gasteiger partial charge in [-0.25, -0.2) is 0 Å². The Morgan fingerprint density at radius 3 is 2.54 bits per heavy atom. The smallest absolute Gasteiger partial charge is 0.160 e. The molecule has 136 valence electrons. The standard InChI is InChI=1S/C17H26O7/c1-9-15(20)17(22)16(21)14(24-9)8-11(18)5-3-10-4-6-12(19)13(7-10)23-2/h4,6-7,9,11,14-22H,3,5,8H2,1-2H3. The summed E-state index contributed by atoms with van der Waals surface area (Å²) in [5, 5.41) is 49.2. The first-order chi connectivity index (χ1) is 11.3. The Kier molecular flexibility index (Phi) is 6.42. The van der Waals surface area contributed by atoms with Crippen molar-refractivity contribution < 1.29 is 35.0 Å². The lowest BCUT2D eigenvalue weighted by molar-refractivity contribution is -0.222. The molecule has 7 nitrogen and oxygen atoms in total. The molecule has 0 aromatic heterocycles. The number of methoxy groups -OCH3 is 1. The molecule has 0 bridgehead atoms. The molecule has 1 aromatic rings. The minimum Gasteiger partial charge on any atom is -0.504 e. The lowest BCUT2D eigenvalue weighted by Crippen LogP contribution is -2.57. The summed E-state index contributed by atoms with van der Waals surface area (Å²) in [5.41, 5.74) is 0.901. The summed E-state index contributed by atoms with van der Waals surface area (Å²) < 4.78 is 10.5. The second-order valence-electron chi connectivity index (χ2n) is 6.29. The highest BCUT2D eigenvalue weighted by atomic mass is 16.5. The van der Waals surface area contributed by atoms with Crippen LogP contribution in [-0.4, -0.2) is 69.3 Å². The van der Waals surface area contributed by atoms with Crippen molar-refractivity contribution in [1.29, 1.82) is 0 Å². The lowest BCUT2D eigenvalue weighted by atomic mass is 9.91. The van der Waals surface area contributed by atoms with Crippen LogP contribution in [-0.2, 0) is 11.2 Å². The van der Waals surface area contributed by atoms with Crippen molar-refractivity contribution in [2.75, 3.05) is 7.11 Å². The quantitative estimate of drug-likeness (QED) is 0.492. The van der Waals surface area contributed by atoms with E-state index in [9.17, 15) is 25.5 Å². The van der Waals surface area contributed by atoms with Gasteiger partial charge in [-0.15, -0.1) is 0 Å². The fourth-order valence-electron chi connectivity index (χ4n) is 2.93. The number of aliphatic hydroxyl groups excluding tert-OH is 4.